The van der Waals surface area contributed by atoms with E-state index in [0.717, 1.165) is 17.9 Å². The molecule has 0 aliphatic carbocycles. The summed E-state index contributed by atoms with van der Waals surface area (Å²) >= 11 is 0. The van der Waals surface area contributed by atoms with E-state index in [1.165, 1.54) is 0 Å². The van der Waals surface area contributed by atoms with Crippen LogP contribution in [-0.4, -0.2) is 34.7 Å². The first-order chi connectivity index (χ1) is 8.10. The monoisotopic (exact) mass is 239 g/mol. The lowest BCUT2D eigenvalue weighted by molar-refractivity contribution is -0.146. The zero-order valence-corrected chi connectivity index (χ0v) is 11.0. The molecule has 1 heterocycles. The van der Waals surface area contributed by atoms with Crippen LogP contribution in [0, 0.1) is 13.8 Å². The number of hydrogen-bond acceptors (Lipinski definition) is 4. The number of carbonyl (C=O) groups excluding carboxylic acids is 1. The van der Waals surface area contributed by atoms with Crippen molar-refractivity contribution in [1.29, 1.82) is 0 Å². The van der Waals surface area contributed by atoms with Crippen LogP contribution in [-0.2, 0) is 16.1 Å². The van der Waals surface area contributed by atoms with Crippen molar-refractivity contribution in [2.24, 2.45) is 0 Å². The third-order valence-corrected chi connectivity index (χ3v) is 2.75. The molecule has 0 aromatic carbocycles. The maximum atomic E-state index is 11.7. The number of aryl methyl sites for hydroxylation is 1. The molecular formula is C12H21N3O2. The van der Waals surface area contributed by atoms with Gasteiger partial charge in [0, 0.05) is 12.2 Å². The Bertz CT molecular complexity index is 374. The number of imidazole rings is 1. The van der Waals surface area contributed by atoms with Gasteiger partial charge in [-0.15, -0.1) is 0 Å². The molecule has 1 rings (SSSR count). The Morgan fingerprint density at radius 2 is 2.24 bits per heavy atom. The number of nitrogens with one attached hydrogen (secondary N) is 1. The lowest BCUT2D eigenvalue weighted by Crippen LogP contribution is -2.41. The second-order valence-electron chi connectivity index (χ2n) is 3.93. The number of nitrogens with zero attached hydrogens (tertiary/aromatic N) is 2. The first kappa shape index (κ1) is 13.7. The molecule has 0 bridgehead atoms. The second kappa shape index (κ2) is 6.39. The fourth-order valence-corrected chi connectivity index (χ4v) is 1.64. The number of likely N-dealkylation sites (N-methyl/N-ethyl adjacent to an activating group) is 1. The van der Waals surface area contributed by atoms with Gasteiger partial charge in [-0.2, -0.15) is 0 Å². The molecule has 17 heavy (non-hydrogen) atoms. The molecule has 1 aromatic heterocycles. The minimum absolute atomic E-state index is 0.208. The third-order valence-electron chi connectivity index (χ3n) is 2.75. The number of ether oxygens (including phenoxy) is 1. The predicted octanol–water partition coefficient (Wildman–Crippen LogP) is 1.04. The quantitative estimate of drug-likeness (QED) is 0.754. The zero-order valence-electron chi connectivity index (χ0n) is 11.0. The smallest absolute Gasteiger partial charge is 0.324 e. The zero-order chi connectivity index (χ0) is 12.8. The average Bonchev–Trinajstić information content (AvgIpc) is 2.60. The molecule has 0 saturated heterocycles. The molecule has 0 saturated carbocycles. The van der Waals surface area contributed by atoms with Crippen LogP contribution in [0.4, 0.5) is 0 Å². The minimum atomic E-state index is -0.313. The Morgan fingerprint density at radius 1 is 1.53 bits per heavy atom. The van der Waals surface area contributed by atoms with Crippen molar-refractivity contribution in [3.63, 3.8) is 0 Å². The molecule has 0 fully saturated rings. The summed E-state index contributed by atoms with van der Waals surface area (Å²) in [6, 6.07) is -0.313. The number of carbonyl (C=O) groups is 1. The average molecular weight is 239 g/mol. The Hall–Kier alpha value is -1.36. The van der Waals surface area contributed by atoms with Crippen molar-refractivity contribution in [2.45, 2.75) is 40.3 Å². The number of hydrogen-bond donors (Lipinski definition) is 1. The lowest BCUT2D eigenvalue weighted by atomic mass is 10.2. The van der Waals surface area contributed by atoms with E-state index in [1.807, 2.05) is 32.3 Å². The van der Waals surface area contributed by atoms with Crippen LogP contribution in [0.5, 0.6) is 0 Å². The van der Waals surface area contributed by atoms with Crippen LogP contribution >= 0.6 is 0 Å². The summed E-state index contributed by atoms with van der Waals surface area (Å²) in [5, 5.41) is 3.13. The summed E-state index contributed by atoms with van der Waals surface area (Å²) in [5.41, 5.74) is 2.07. The van der Waals surface area contributed by atoms with Crippen molar-refractivity contribution >= 4 is 5.97 Å². The largest absolute Gasteiger partial charge is 0.465 e. The summed E-state index contributed by atoms with van der Waals surface area (Å²) in [7, 11) is 0. The van der Waals surface area contributed by atoms with E-state index in [4.69, 9.17) is 4.74 Å². The van der Waals surface area contributed by atoms with Crippen LogP contribution in [0.1, 0.15) is 25.2 Å². The van der Waals surface area contributed by atoms with Crippen LogP contribution < -0.4 is 5.32 Å². The minimum Gasteiger partial charge on any atom is -0.465 e. The molecule has 0 aliphatic rings. The molecule has 96 valence electrons. The summed E-state index contributed by atoms with van der Waals surface area (Å²) in [5.74, 6) is -0.208. The maximum Gasteiger partial charge on any atom is 0.324 e. The van der Waals surface area contributed by atoms with Gasteiger partial charge in [-0.3, -0.25) is 4.79 Å². The van der Waals surface area contributed by atoms with Gasteiger partial charge in [0.25, 0.3) is 0 Å². The highest BCUT2D eigenvalue weighted by Crippen LogP contribution is 2.06. The highest BCUT2D eigenvalue weighted by atomic mass is 16.5. The van der Waals surface area contributed by atoms with Crippen LogP contribution in [0.25, 0.3) is 0 Å². The van der Waals surface area contributed by atoms with E-state index >= 15 is 0 Å². The first-order valence-corrected chi connectivity index (χ1v) is 5.98. The van der Waals surface area contributed by atoms with Gasteiger partial charge in [-0.05, 0) is 27.3 Å². The topological polar surface area (TPSA) is 56.2 Å². The van der Waals surface area contributed by atoms with Crippen LogP contribution in [0.2, 0.25) is 0 Å². The van der Waals surface area contributed by atoms with E-state index in [9.17, 15) is 4.79 Å². The summed E-state index contributed by atoms with van der Waals surface area (Å²) < 4.78 is 7.01. The Morgan fingerprint density at radius 3 is 2.71 bits per heavy atom. The van der Waals surface area contributed by atoms with E-state index in [1.54, 1.807) is 6.33 Å². The highest BCUT2D eigenvalue weighted by Gasteiger charge is 2.19. The lowest BCUT2D eigenvalue weighted by Gasteiger charge is -2.17. The maximum absolute atomic E-state index is 11.7. The van der Waals surface area contributed by atoms with E-state index in [0.29, 0.717) is 13.2 Å². The van der Waals surface area contributed by atoms with E-state index in [-0.39, 0.29) is 12.0 Å². The van der Waals surface area contributed by atoms with Gasteiger partial charge < -0.3 is 14.6 Å². The van der Waals surface area contributed by atoms with Gasteiger partial charge in [-0.25, -0.2) is 4.98 Å². The van der Waals surface area contributed by atoms with Crippen molar-refractivity contribution in [3.8, 4) is 0 Å². The molecule has 5 nitrogen and oxygen atoms in total. The molecule has 0 aliphatic heterocycles. The van der Waals surface area contributed by atoms with Gasteiger partial charge in [0.05, 0.1) is 18.6 Å². The molecule has 0 spiro atoms. The fraction of sp³-hybridized carbons (Fsp3) is 0.667. The standard InChI is InChI=1S/C12H21N3O2/c1-5-13-11(12(16)17-6-2)7-15-8-14-9(3)10(15)4/h8,11,13H,5-7H2,1-4H3. The third kappa shape index (κ3) is 3.56. The van der Waals surface area contributed by atoms with Gasteiger partial charge in [-0.1, -0.05) is 6.92 Å². The SMILES string of the molecule is CCNC(Cn1cnc(C)c1C)C(=O)OCC. The summed E-state index contributed by atoms with van der Waals surface area (Å²) in [6.07, 6.45) is 1.76. The molecule has 0 amide bonds. The van der Waals surface area contributed by atoms with Gasteiger partial charge in [0.1, 0.15) is 6.04 Å². The molecule has 1 N–H and O–H groups in total. The second-order valence-corrected chi connectivity index (χ2v) is 3.93. The normalized spacial score (nSPS) is 12.5. The number of esters is 1. The van der Waals surface area contributed by atoms with Gasteiger partial charge in [0.15, 0.2) is 0 Å². The Labute approximate surface area is 102 Å². The van der Waals surface area contributed by atoms with Gasteiger partial charge >= 0.3 is 5.97 Å². The van der Waals surface area contributed by atoms with Crippen molar-refractivity contribution < 1.29 is 9.53 Å². The predicted molar refractivity (Wildman–Crippen MR) is 65.8 cm³/mol. The van der Waals surface area contributed by atoms with Gasteiger partial charge in [0.2, 0.25) is 0 Å². The molecule has 1 aromatic rings. The van der Waals surface area contributed by atoms with Crippen molar-refractivity contribution in [1.82, 2.24) is 14.9 Å². The highest BCUT2D eigenvalue weighted by molar-refractivity contribution is 5.75. The van der Waals surface area contributed by atoms with E-state index < -0.39 is 0 Å². The summed E-state index contributed by atoms with van der Waals surface area (Å²) in [6.45, 7) is 9.43. The van der Waals surface area contributed by atoms with E-state index in [2.05, 4.69) is 10.3 Å². The first-order valence-electron chi connectivity index (χ1n) is 5.98. The number of rotatable bonds is 6. The molecular weight excluding hydrogens is 218 g/mol. The van der Waals surface area contributed by atoms with Crippen LogP contribution in [0.3, 0.4) is 0 Å². The molecule has 0 radical (unpaired) electrons. The number of aromatic nitrogens is 2. The molecule has 1 atom stereocenters. The van der Waals surface area contributed by atoms with Crippen molar-refractivity contribution in [3.05, 3.63) is 17.7 Å². The fourth-order valence-electron chi connectivity index (χ4n) is 1.64. The van der Waals surface area contributed by atoms with Crippen molar-refractivity contribution in [2.75, 3.05) is 13.2 Å². The Kier molecular flexibility index (Phi) is 5.15. The molecule has 1 unspecified atom stereocenters. The Balaban J connectivity index is 2.72. The summed E-state index contributed by atoms with van der Waals surface area (Å²) in [4.78, 5) is 16.0. The molecule has 5 heteroatoms. The van der Waals surface area contributed by atoms with Crippen LogP contribution in [0.15, 0.2) is 6.33 Å².